The van der Waals surface area contributed by atoms with Crippen LogP contribution in [0.4, 0.5) is 5.69 Å². The lowest BCUT2D eigenvalue weighted by atomic mass is 9.85. The normalized spacial score (nSPS) is 20.4. The van der Waals surface area contributed by atoms with Gasteiger partial charge in [-0.2, -0.15) is 4.98 Å². The van der Waals surface area contributed by atoms with Crippen LogP contribution in [0.25, 0.3) is 0 Å². The van der Waals surface area contributed by atoms with Crippen LogP contribution < -0.4 is 10.1 Å². The second kappa shape index (κ2) is 5.51. The monoisotopic (exact) mass is 290 g/mol. The molecule has 0 aliphatic carbocycles. The van der Waals surface area contributed by atoms with Crippen molar-refractivity contribution in [2.24, 2.45) is 0 Å². The average Bonchev–Trinajstić information content (AvgIpc) is 2.46. The number of hydrogen-bond acceptors (Lipinski definition) is 5. The Morgan fingerprint density at radius 1 is 1.57 bits per heavy atom. The molecule has 1 unspecified atom stereocenters. The number of carbonyl (C=O) groups excluding carboxylic acids is 2. The highest BCUT2D eigenvalue weighted by Gasteiger charge is 2.48. The molecule has 0 spiro atoms. The van der Waals surface area contributed by atoms with Crippen molar-refractivity contribution in [3.8, 4) is 6.01 Å². The quantitative estimate of drug-likeness (QED) is 0.833. The van der Waals surface area contributed by atoms with Crippen molar-refractivity contribution in [3.63, 3.8) is 0 Å². The molecule has 2 rings (SSSR count). The van der Waals surface area contributed by atoms with Crippen molar-refractivity contribution in [1.29, 1.82) is 0 Å². The van der Waals surface area contributed by atoms with E-state index in [4.69, 9.17) is 4.74 Å². The minimum absolute atomic E-state index is 0.240. The molecule has 2 heterocycles. The maximum Gasteiger partial charge on any atom is 0.316 e. The van der Waals surface area contributed by atoms with Gasteiger partial charge in [0.15, 0.2) is 0 Å². The predicted octanol–water partition coefficient (Wildman–Crippen LogP) is 0.909. The summed E-state index contributed by atoms with van der Waals surface area (Å²) >= 11 is 0. The van der Waals surface area contributed by atoms with Crippen molar-refractivity contribution in [2.75, 3.05) is 19.0 Å². The van der Waals surface area contributed by atoms with Crippen molar-refractivity contribution in [3.05, 3.63) is 24.5 Å². The van der Waals surface area contributed by atoms with Crippen molar-refractivity contribution < 1.29 is 14.3 Å². The van der Waals surface area contributed by atoms with Crippen LogP contribution in [0, 0.1) is 6.92 Å². The van der Waals surface area contributed by atoms with Gasteiger partial charge in [0.25, 0.3) is 0 Å². The number of nitrogens with zero attached hydrogens (tertiary/aromatic N) is 3. The number of ether oxygens (including phenoxy) is 1. The topological polar surface area (TPSA) is 84.4 Å². The van der Waals surface area contributed by atoms with E-state index in [1.54, 1.807) is 13.8 Å². The molecule has 0 saturated carbocycles. The highest BCUT2D eigenvalue weighted by Crippen LogP contribution is 2.32. The zero-order valence-corrected chi connectivity index (χ0v) is 12.3. The number of rotatable bonds is 4. The summed E-state index contributed by atoms with van der Waals surface area (Å²) in [5.41, 5.74) is 0.233. The summed E-state index contributed by atoms with van der Waals surface area (Å²) in [6, 6.07) is 0.240. The molecule has 1 N–H and O–H groups in total. The van der Waals surface area contributed by atoms with Gasteiger partial charge in [0.2, 0.25) is 11.8 Å². The number of aryl methyl sites for hydroxylation is 1. The van der Waals surface area contributed by atoms with Crippen LogP contribution in [-0.2, 0) is 9.59 Å². The van der Waals surface area contributed by atoms with Gasteiger partial charge < -0.3 is 15.0 Å². The van der Waals surface area contributed by atoms with E-state index in [0.717, 1.165) is 0 Å². The fourth-order valence-corrected chi connectivity index (χ4v) is 2.18. The van der Waals surface area contributed by atoms with Crippen molar-refractivity contribution >= 4 is 17.5 Å². The van der Waals surface area contributed by atoms with E-state index in [1.807, 2.05) is 0 Å². The molecule has 1 fully saturated rings. The van der Waals surface area contributed by atoms with E-state index in [9.17, 15) is 9.59 Å². The molecule has 1 aromatic rings. The highest BCUT2D eigenvalue weighted by molar-refractivity contribution is 6.03. The molecule has 112 valence electrons. The lowest BCUT2D eigenvalue weighted by Gasteiger charge is -2.48. The SMILES string of the molecule is C=CC(=O)N1CCC1(C)C(=O)Nc1cnc(OC)nc1C. The molecule has 7 nitrogen and oxygen atoms in total. The predicted molar refractivity (Wildman–Crippen MR) is 76.9 cm³/mol. The number of amides is 2. The first-order valence-corrected chi connectivity index (χ1v) is 6.55. The Balaban J connectivity index is 2.15. The van der Waals surface area contributed by atoms with Crippen LogP contribution >= 0.6 is 0 Å². The molecule has 1 aliphatic heterocycles. The van der Waals surface area contributed by atoms with E-state index < -0.39 is 5.54 Å². The summed E-state index contributed by atoms with van der Waals surface area (Å²) in [7, 11) is 1.47. The van der Waals surface area contributed by atoms with Crippen molar-refractivity contribution in [1.82, 2.24) is 14.9 Å². The lowest BCUT2D eigenvalue weighted by molar-refractivity contribution is -0.150. The molecule has 1 saturated heterocycles. The van der Waals surface area contributed by atoms with Gasteiger partial charge in [0, 0.05) is 6.54 Å². The van der Waals surface area contributed by atoms with Gasteiger partial charge in [-0.3, -0.25) is 9.59 Å². The van der Waals surface area contributed by atoms with Crippen molar-refractivity contribution in [2.45, 2.75) is 25.8 Å². The second-order valence-corrected chi connectivity index (χ2v) is 5.03. The van der Waals surface area contributed by atoms with E-state index in [2.05, 4.69) is 21.9 Å². The number of carbonyl (C=O) groups is 2. The fourth-order valence-electron chi connectivity index (χ4n) is 2.18. The standard InChI is InChI=1S/C14H18N4O3/c1-5-11(19)18-7-6-14(18,3)12(20)17-10-8-15-13(21-4)16-9(10)2/h5,8H,1,6-7H2,2-4H3,(H,17,20). The first-order valence-electron chi connectivity index (χ1n) is 6.55. The molecule has 1 aromatic heterocycles. The van der Waals surface area contributed by atoms with E-state index >= 15 is 0 Å². The van der Waals surface area contributed by atoms with Gasteiger partial charge in [0.1, 0.15) is 5.54 Å². The Morgan fingerprint density at radius 2 is 2.29 bits per heavy atom. The van der Waals surface area contributed by atoms with Gasteiger partial charge in [0.05, 0.1) is 24.7 Å². The number of methoxy groups -OCH3 is 1. The molecule has 1 atom stereocenters. The minimum Gasteiger partial charge on any atom is -0.467 e. The summed E-state index contributed by atoms with van der Waals surface area (Å²) in [6.45, 7) is 7.47. The Kier molecular flexibility index (Phi) is 3.93. The van der Waals surface area contributed by atoms with Gasteiger partial charge in [-0.25, -0.2) is 4.98 Å². The summed E-state index contributed by atoms with van der Waals surface area (Å²) < 4.78 is 4.92. The Labute approximate surface area is 123 Å². The van der Waals surface area contributed by atoms with Gasteiger partial charge in [-0.1, -0.05) is 6.58 Å². The molecular formula is C14H18N4O3. The first-order chi connectivity index (χ1) is 9.92. The molecule has 21 heavy (non-hydrogen) atoms. The smallest absolute Gasteiger partial charge is 0.316 e. The zero-order valence-electron chi connectivity index (χ0n) is 12.3. The van der Waals surface area contributed by atoms with Crippen LogP contribution in [0.1, 0.15) is 19.0 Å². The number of hydrogen-bond donors (Lipinski definition) is 1. The Morgan fingerprint density at radius 3 is 2.76 bits per heavy atom. The minimum atomic E-state index is -0.863. The van der Waals surface area contributed by atoms with Crippen LogP contribution in [0.2, 0.25) is 0 Å². The second-order valence-electron chi connectivity index (χ2n) is 5.03. The third-order valence-corrected chi connectivity index (χ3v) is 3.74. The molecule has 7 heteroatoms. The summed E-state index contributed by atoms with van der Waals surface area (Å²) in [5.74, 6) is -0.512. The lowest BCUT2D eigenvalue weighted by Crippen LogP contribution is -2.65. The number of nitrogens with one attached hydrogen (secondary N) is 1. The third kappa shape index (κ3) is 2.58. The van der Waals surface area contributed by atoms with Crippen LogP contribution in [0.5, 0.6) is 6.01 Å². The van der Waals surface area contributed by atoms with Crippen LogP contribution in [0.3, 0.4) is 0 Å². The number of anilines is 1. The zero-order chi connectivity index (χ0) is 15.6. The van der Waals surface area contributed by atoms with Gasteiger partial charge >= 0.3 is 6.01 Å². The Bertz CT molecular complexity index is 602. The molecular weight excluding hydrogens is 272 g/mol. The largest absolute Gasteiger partial charge is 0.467 e. The average molecular weight is 290 g/mol. The van der Waals surface area contributed by atoms with E-state index in [0.29, 0.717) is 24.3 Å². The molecule has 0 radical (unpaired) electrons. The summed E-state index contributed by atoms with van der Waals surface area (Å²) in [4.78, 5) is 33.7. The Hall–Kier alpha value is -2.44. The molecule has 0 bridgehead atoms. The van der Waals surface area contributed by atoms with Crippen LogP contribution in [0.15, 0.2) is 18.9 Å². The van der Waals surface area contributed by atoms with Gasteiger partial charge in [-0.15, -0.1) is 0 Å². The maximum absolute atomic E-state index is 12.4. The van der Waals surface area contributed by atoms with E-state index in [-0.39, 0.29) is 17.8 Å². The van der Waals surface area contributed by atoms with Crippen LogP contribution in [-0.4, -0.2) is 45.9 Å². The summed E-state index contributed by atoms with van der Waals surface area (Å²) in [6.07, 6.45) is 3.31. The number of aromatic nitrogens is 2. The molecule has 1 aliphatic rings. The fraction of sp³-hybridized carbons (Fsp3) is 0.429. The van der Waals surface area contributed by atoms with Gasteiger partial charge in [-0.05, 0) is 26.3 Å². The maximum atomic E-state index is 12.4. The van der Waals surface area contributed by atoms with E-state index in [1.165, 1.54) is 24.3 Å². The highest BCUT2D eigenvalue weighted by atomic mass is 16.5. The third-order valence-electron chi connectivity index (χ3n) is 3.74. The summed E-state index contributed by atoms with van der Waals surface area (Å²) in [5, 5.41) is 2.77. The molecule has 2 amide bonds. The molecule has 0 aromatic carbocycles. The first kappa shape index (κ1) is 15.0. The number of likely N-dealkylation sites (tertiary alicyclic amines) is 1.